The van der Waals surface area contributed by atoms with E-state index < -0.39 is 17.2 Å². The van der Waals surface area contributed by atoms with E-state index in [-0.39, 0.29) is 5.56 Å². The van der Waals surface area contributed by atoms with Crippen molar-refractivity contribution in [3.63, 3.8) is 0 Å². The zero-order valence-electron chi connectivity index (χ0n) is 17.0. The van der Waals surface area contributed by atoms with Crippen molar-refractivity contribution in [2.45, 2.75) is 27.3 Å². The van der Waals surface area contributed by atoms with E-state index in [1.165, 1.54) is 19.2 Å². The molecule has 3 rings (SSSR count). The summed E-state index contributed by atoms with van der Waals surface area (Å²) in [6, 6.07) is 9.12. The van der Waals surface area contributed by atoms with E-state index >= 15 is 0 Å². The fourth-order valence-electron chi connectivity index (χ4n) is 3.69. The van der Waals surface area contributed by atoms with Crippen molar-refractivity contribution in [3.8, 4) is 22.4 Å². The first kappa shape index (κ1) is 22.1. The number of carbonyl (C=O) groups is 1. The first-order valence-electron chi connectivity index (χ1n) is 9.28. The van der Waals surface area contributed by atoms with Crippen molar-refractivity contribution in [1.29, 1.82) is 0 Å². The molecule has 7 heteroatoms. The van der Waals surface area contributed by atoms with Crippen molar-refractivity contribution < 1.29 is 13.9 Å². The third-order valence-corrected chi connectivity index (χ3v) is 5.82. The Bertz CT molecular complexity index is 1220. The van der Waals surface area contributed by atoms with Gasteiger partial charge in [-0.2, -0.15) is 0 Å². The van der Waals surface area contributed by atoms with Gasteiger partial charge in [0, 0.05) is 23.4 Å². The van der Waals surface area contributed by atoms with Gasteiger partial charge < -0.3 is 9.30 Å². The van der Waals surface area contributed by atoms with Crippen molar-refractivity contribution in [3.05, 3.63) is 79.3 Å². The summed E-state index contributed by atoms with van der Waals surface area (Å²) < 4.78 is 20.4. The van der Waals surface area contributed by atoms with Crippen molar-refractivity contribution in [2.75, 3.05) is 7.11 Å². The first-order chi connectivity index (χ1) is 14.2. The number of carbonyl (C=O) groups excluding carboxylic acids is 1. The van der Waals surface area contributed by atoms with Gasteiger partial charge in [0.25, 0.3) is 0 Å². The SMILES string of the molecule is CCn1c(C)c(-c2ccc(F)cc2C)c(=O)c(C(=O)OC)c1-c1ccc(Cl)c(Cl)c1. The van der Waals surface area contributed by atoms with Crippen LogP contribution in [0.2, 0.25) is 10.0 Å². The molecule has 3 aromatic rings. The number of hydrogen-bond donors (Lipinski definition) is 0. The van der Waals surface area contributed by atoms with Gasteiger partial charge in [0.05, 0.1) is 22.8 Å². The van der Waals surface area contributed by atoms with Crippen LogP contribution in [0.3, 0.4) is 0 Å². The maximum atomic E-state index is 13.6. The van der Waals surface area contributed by atoms with E-state index in [2.05, 4.69) is 0 Å². The number of aryl methyl sites for hydroxylation is 1. The van der Waals surface area contributed by atoms with E-state index in [1.807, 2.05) is 11.5 Å². The highest BCUT2D eigenvalue weighted by Gasteiger charge is 2.27. The second-order valence-corrected chi connectivity index (χ2v) is 7.65. The minimum atomic E-state index is -0.760. The van der Waals surface area contributed by atoms with Crippen LogP contribution in [-0.4, -0.2) is 17.6 Å². The molecular weight excluding hydrogens is 428 g/mol. The van der Waals surface area contributed by atoms with Crippen LogP contribution < -0.4 is 5.43 Å². The minimum absolute atomic E-state index is 0.109. The van der Waals surface area contributed by atoms with Crippen LogP contribution in [0.4, 0.5) is 4.39 Å². The summed E-state index contributed by atoms with van der Waals surface area (Å²) in [6.45, 7) is 5.89. The molecule has 0 aliphatic carbocycles. The lowest BCUT2D eigenvalue weighted by Crippen LogP contribution is -2.26. The Labute approximate surface area is 183 Å². The predicted molar refractivity (Wildman–Crippen MR) is 118 cm³/mol. The molecule has 0 saturated heterocycles. The van der Waals surface area contributed by atoms with E-state index in [1.54, 1.807) is 38.1 Å². The molecule has 0 aliphatic heterocycles. The number of methoxy groups -OCH3 is 1. The van der Waals surface area contributed by atoms with E-state index in [4.69, 9.17) is 27.9 Å². The van der Waals surface area contributed by atoms with Crippen molar-refractivity contribution in [2.24, 2.45) is 0 Å². The number of aromatic nitrogens is 1. The Morgan fingerprint density at radius 3 is 2.37 bits per heavy atom. The molecule has 0 bridgehead atoms. The average molecular weight is 448 g/mol. The van der Waals surface area contributed by atoms with Gasteiger partial charge >= 0.3 is 5.97 Å². The summed E-state index contributed by atoms with van der Waals surface area (Å²) in [6.07, 6.45) is 0. The molecule has 0 radical (unpaired) electrons. The Morgan fingerprint density at radius 2 is 1.80 bits per heavy atom. The summed E-state index contributed by atoms with van der Waals surface area (Å²) in [4.78, 5) is 26.3. The van der Waals surface area contributed by atoms with Crippen LogP contribution in [0.15, 0.2) is 41.2 Å². The van der Waals surface area contributed by atoms with Gasteiger partial charge in [-0.3, -0.25) is 4.79 Å². The monoisotopic (exact) mass is 447 g/mol. The number of esters is 1. The summed E-state index contributed by atoms with van der Waals surface area (Å²) in [5.74, 6) is -1.16. The van der Waals surface area contributed by atoms with Crippen LogP contribution in [0.1, 0.15) is 28.5 Å². The lowest BCUT2D eigenvalue weighted by Gasteiger charge is -2.22. The lowest BCUT2D eigenvalue weighted by atomic mass is 9.94. The fraction of sp³-hybridized carbons (Fsp3) is 0.217. The number of hydrogen-bond acceptors (Lipinski definition) is 3. The predicted octanol–water partition coefficient (Wildman–Crippen LogP) is 6.05. The molecule has 0 atom stereocenters. The van der Waals surface area contributed by atoms with Gasteiger partial charge in [-0.25, -0.2) is 9.18 Å². The zero-order chi connectivity index (χ0) is 22.2. The zero-order valence-corrected chi connectivity index (χ0v) is 18.5. The highest BCUT2D eigenvalue weighted by Crippen LogP contribution is 2.34. The summed E-state index contributed by atoms with van der Waals surface area (Å²) in [7, 11) is 1.22. The normalized spacial score (nSPS) is 10.9. The molecule has 0 spiro atoms. The molecule has 1 heterocycles. The van der Waals surface area contributed by atoms with Crippen molar-refractivity contribution in [1.82, 2.24) is 4.57 Å². The summed E-state index contributed by atoms with van der Waals surface area (Å²) in [5, 5.41) is 0.664. The third kappa shape index (κ3) is 3.75. The molecule has 0 fully saturated rings. The third-order valence-electron chi connectivity index (χ3n) is 5.08. The van der Waals surface area contributed by atoms with Crippen LogP contribution in [0.25, 0.3) is 22.4 Å². The van der Waals surface area contributed by atoms with Crippen molar-refractivity contribution >= 4 is 29.2 Å². The van der Waals surface area contributed by atoms with Crippen LogP contribution >= 0.6 is 23.2 Å². The number of rotatable bonds is 4. The molecule has 0 saturated carbocycles. The molecular formula is C23H20Cl2FNO3. The molecule has 0 N–H and O–H groups in total. The molecule has 2 aromatic carbocycles. The quantitative estimate of drug-likeness (QED) is 0.457. The number of pyridine rings is 1. The standard InChI is InChI=1S/C23H20Cl2FNO3/c1-5-27-13(3)19(16-8-7-15(26)10-12(16)2)22(28)20(23(29)30-4)21(27)14-6-9-17(24)18(25)11-14/h6-11H,5H2,1-4H3. The Hall–Kier alpha value is -2.63. The first-order valence-corrected chi connectivity index (χ1v) is 10.0. The smallest absolute Gasteiger partial charge is 0.344 e. The van der Waals surface area contributed by atoms with Crippen LogP contribution in [0.5, 0.6) is 0 Å². The van der Waals surface area contributed by atoms with Gasteiger partial charge in [-0.1, -0.05) is 35.3 Å². The molecule has 156 valence electrons. The van der Waals surface area contributed by atoms with E-state index in [9.17, 15) is 14.0 Å². The highest BCUT2D eigenvalue weighted by atomic mass is 35.5. The maximum absolute atomic E-state index is 13.6. The van der Waals surface area contributed by atoms with Crippen LogP contribution in [-0.2, 0) is 11.3 Å². The van der Waals surface area contributed by atoms with Gasteiger partial charge in [0.2, 0.25) is 5.43 Å². The molecule has 1 aromatic heterocycles. The lowest BCUT2D eigenvalue weighted by molar-refractivity contribution is 0.0599. The molecule has 0 unspecified atom stereocenters. The second kappa shape index (κ2) is 8.62. The second-order valence-electron chi connectivity index (χ2n) is 6.84. The van der Waals surface area contributed by atoms with Crippen LogP contribution in [0, 0.1) is 19.7 Å². The topological polar surface area (TPSA) is 48.3 Å². The Kier molecular flexibility index (Phi) is 6.34. The van der Waals surface area contributed by atoms with E-state index in [0.717, 1.165) is 0 Å². The number of halogens is 3. The summed E-state index contributed by atoms with van der Waals surface area (Å²) >= 11 is 12.2. The van der Waals surface area contributed by atoms with Gasteiger partial charge in [-0.15, -0.1) is 0 Å². The molecule has 0 amide bonds. The number of benzene rings is 2. The van der Waals surface area contributed by atoms with E-state index in [0.29, 0.717) is 50.2 Å². The molecule has 0 aliphatic rings. The number of ether oxygens (including phenoxy) is 1. The van der Waals surface area contributed by atoms with Gasteiger partial charge in [0.15, 0.2) is 0 Å². The largest absolute Gasteiger partial charge is 0.465 e. The maximum Gasteiger partial charge on any atom is 0.344 e. The molecule has 4 nitrogen and oxygen atoms in total. The minimum Gasteiger partial charge on any atom is -0.465 e. The summed E-state index contributed by atoms with van der Waals surface area (Å²) in [5.41, 5.74) is 2.50. The van der Waals surface area contributed by atoms with Gasteiger partial charge in [-0.05, 0) is 56.2 Å². The fourth-order valence-corrected chi connectivity index (χ4v) is 3.99. The Morgan fingerprint density at radius 1 is 1.10 bits per heavy atom. The van der Waals surface area contributed by atoms with Gasteiger partial charge in [0.1, 0.15) is 11.4 Å². The highest BCUT2D eigenvalue weighted by molar-refractivity contribution is 6.42. The molecule has 30 heavy (non-hydrogen) atoms. The average Bonchev–Trinajstić information content (AvgIpc) is 2.70. The number of nitrogens with zero attached hydrogens (tertiary/aromatic N) is 1. The Balaban J connectivity index is 2.49.